The molecule has 1 fully saturated rings. The highest BCUT2D eigenvalue weighted by Crippen LogP contribution is 2.20. The van der Waals surface area contributed by atoms with Gasteiger partial charge in [-0.2, -0.15) is 0 Å². The number of para-hydroxylation sites is 1. The molecule has 5 heteroatoms. The Morgan fingerprint density at radius 2 is 2.26 bits per heavy atom. The van der Waals surface area contributed by atoms with Crippen LogP contribution < -0.4 is 10.6 Å². The van der Waals surface area contributed by atoms with Gasteiger partial charge in [0.15, 0.2) is 5.11 Å². The Morgan fingerprint density at radius 3 is 3.00 bits per heavy atom. The minimum absolute atomic E-state index is 0.640. The molecule has 1 aliphatic heterocycles. The van der Waals surface area contributed by atoms with Crippen molar-refractivity contribution in [2.24, 2.45) is 5.92 Å². The van der Waals surface area contributed by atoms with Crippen LogP contribution >= 0.6 is 23.8 Å². The number of piperidine rings is 1. The molecule has 2 N–H and O–H groups in total. The summed E-state index contributed by atoms with van der Waals surface area (Å²) in [6, 6.07) is 7.61. The first-order chi connectivity index (χ1) is 9.15. The van der Waals surface area contributed by atoms with Gasteiger partial charge in [-0.1, -0.05) is 23.7 Å². The Kier molecular flexibility index (Phi) is 5.43. The third-order valence-electron chi connectivity index (χ3n) is 3.40. The van der Waals surface area contributed by atoms with E-state index >= 15 is 0 Å². The first-order valence-electron chi connectivity index (χ1n) is 6.63. The Bertz CT molecular complexity index is 438. The molecule has 1 aromatic rings. The number of likely N-dealkylation sites (tertiary alicyclic amines) is 1. The lowest BCUT2D eigenvalue weighted by molar-refractivity contribution is 0.211. The van der Waals surface area contributed by atoms with Crippen molar-refractivity contribution in [1.29, 1.82) is 0 Å². The van der Waals surface area contributed by atoms with Crippen molar-refractivity contribution in [2.75, 3.05) is 32.0 Å². The predicted octanol–water partition coefficient (Wildman–Crippen LogP) is 2.97. The number of thiocarbonyl (C=S) groups is 1. The van der Waals surface area contributed by atoms with Crippen molar-refractivity contribution in [1.82, 2.24) is 10.2 Å². The second-order valence-corrected chi connectivity index (χ2v) is 5.90. The van der Waals surface area contributed by atoms with E-state index < -0.39 is 0 Å². The molecule has 0 amide bonds. The molecule has 0 radical (unpaired) electrons. The molecule has 0 unspecified atom stereocenters. The fourth-order valence-electron chi connectivity index (χ4n) is 2.41. The summed E-state index contributed by atoms with van der Waals surface area (Å²) in [7, 11) is 2.17. The van der Waals surface area contributed by atoms with E-state index in [1.54, 1.807) is 0 Å². The number of rotatable bonds is 3. The summed E-state index contributed by atoms with van der Waals surface area (Å²) >= 11 is 11.4. The summed E-state index contributed by atoms with van der Waals surface area (Å²) < 4.78 is 0. The smallest absolute Gasteiger partial charge is 0.170 e. The Hall–Kier alpha value is -0.840. The van der Waals surface area contributed by atoms with Crippen molar-refractivity contribution in [2.45, 2.75) is 12.8 Å². The van der Waals surface area contributed by atoms with Gasteiger partial charge in [-0.25, -0.2) is 0 Å². The molecule has 3 nitrogen and oxygen atoms in total. The zero-order valence-electron chi connectivity index (χ0n) is 11.2. The number of halogens is 1. The molecule has 2 rings (SSSR count). The van der Waals surface area contributed by atoms with E-state index in [0.29, 0.717) is 16.1 Å². The molecular formula is C14H20ClN3S. The highest BCUT2D eigenvalue weighted by Gasteiger charge is 2.17. The highest BCUT2D eigenvalue weighted by atomic mass is 35.5. The minimum atomic E-state index is 0.640. The predicted molar refractivity (Wildman–Crippen MR) is 85.9 cm³/mol. The molecule has 0 spiro atoms. The zero-order valence-corrected chi connectivity index (χ0v) is 12.7. The van der Waals surface area contributed by atoms with Crippen LogP contribution in [-0.2, 0) is 0 Å². The first-order valence-corrected chi connectivity index (χ1v) is 7.41. The SMILES string of the molecule is CN1CCC[C@H](CNC(=S)Nc2ccccc2Cl)C1. The van der Waals surface area contributed by atoms with Gasteiger partial charge in [-0.05, 0) is 56.7 Å². The van der Waals surface area contributed by atoms with Gasteiger partial charge >= 0.3 is 0 Å². The molecule has 104 valence electrons. The summed E-state index contributed by atoms with van der Waals surface area (Å²) in [5.41, 5.74) is 0.849. The van der Waals surface area contributed by atoms with Crippen LogP contribution in [0.5, 0.6) is 0 Å². The van der Waals surface area contributed by atoms with Crippen LogP contribution in [0, 0.1) is 5.92 Å². The molecular weight excluding hydrogens is 278 g/mol. The standard InChI is InChI=1S/C14H20ClN3S/c1-18-8-4-5-11(10-18)9-16-14(19)17-13-7-3-2-6-12(13)15/h2-3,6-7,11H,4-5,8-10H2,1H3,(H2,16,17,19)/t11-/m1/s1. The van der Waals surface area contributed by atoms with Gasteiger partial charge in [0.1, 0.15) is 0 Å². The second kappa shape index (κ2) is 7.08. The van der Waals surface area contributed by atoms with Gasteiger partial charge in [0.25, 0.3) is 0 Å². The van der Waals surface area contributed by atoms with Gasteiger partial charge in [0.2, 0.25) is 0 Å². The Morgan fingerprint density at radius 1 is 1.47 bits per heavy atom. The average molecular weight is 298 g/mol. The average Bonchev–Trinajstić information content (AvgIpc) is 2.39. The quantitative estimate of drug-likeness (QED) is 0.839. The van der Waals surface area contributed by atoms with E-state index in [0.717, 1.165) is 18.8 Å². The lowest BCUT2D eigenvalue weighted by atomic mass is 9.99. The summed E-state index contributed by atoms with van der Waals surface area (Å²) in [4.78, 5) is 2.38. The molecule has 1 saturated heterocycles. The van der Waals surface area contributed by atoms with Crippen LogP contribution in [0.3, 0.4) is 0 Å². The Balaban J connectivity index is 1.77. The Labute approximate surface area is 125 Å². The van der Waals surface area contributed by atoms with Crippen LogP contribution in [0.25, 0.3) is 0 Å². The molecule has 0 aromatic heterocycles. The fraction of sp³-hybridized carbons (Fsp3) is 0.500. The van der Waals surface area contributed by atoms with Crippen molar-refractivity contribution in [3.63, 3.8) is 0 Å². The van der Waals surface area contributed by atoms with Crippen molar-refractivity contribution >= 4 is 34.6 Å². The molecule has 0 aliphatic carbocycles. The molecule has 1 atom stereocenters. The maximum absolute atomic E-state index is 6.08. The normalized spacial score (nSPS) is 20.0. The molecule has 1 aliphatic rings. The maximum Gasteiger partial charge on any atom is 0.170 e. The maximum atomic E-state index is 6.08. The monoisotopic (exact) mass is 297 g/mol. The van der Waals surface area contributed by atoms with Crippen molar-refractivity contribution < 1.29 is 0 Å². The number of hydrogen-bond acceptors (Lipinski definition) is 2. The van der Waals surface area contributed by atoms with E-state index in [-0.39, 0.29) is 0 Å². The van der Waals surface area contributed by atoms with Crippen LogP contribution in [0.2, 0.25) is 5.02 Å². The minimum Gasteiger partial charge on any atom is -0.362 e. The largest absolute Gasteiger partial charge is 0.362 e. The van der Waals surface area contributed by atoms with E-state index in [1.807, 2.05) is 24.3 Å². The number of hydrogen-bond donors (Lipinski definition) is 2. The molecule has 1 aromatic carbocycles. The van der Waals surface area contributed by atoms with Crippen LogP contribution in [0.1, 0.15) is 12.8 Å². The van der Waals surface area contributed by atoms with Crippen molar-refractivity contribution in [3.05, 3.63) is 29.3 Å². The summed E-state index contributed by atoms with van der Waals surface area (Å²) in [5.74, 6) is 0.671. The third kappa shape index (κ3) is 4.64. The van der Waals surface area contributed by atoms with Gasteiger partial charge in [-0.15, -0.1) is 0 Å². The lowest BCUT2D eigenvalue weighted by Crippen LogP contribution is -2.40. The third-order valence-corrected chi connectivity index (χ3v) is 3.97. The van der Waals surface area contributed by atoms with Gasteiger partial charge < -0.3 is 15.5 Å². The topological polar surface area (TPSA) is 27.3 Å². The lowest BCUT2D eigenvalue weighted by Gasteiger charge is -2.30. The second-order valence-electron chi connectivity index (χ2n) is 5.09. The van der Waals surface area contributed by atoms with Crippen LogP contribution in [0.4, 0.5) is 5.69 Å². The summed E-state index contributed by atoms with van der Waals surface area (Å²) in [5, 5.41) is 7.74. The number of benzene rings is 1. The van der Waals surface area contributed by atoms with E-state index in [2.05, 4.69) is 22.6 Å². The first kappa shape index (κ1) is 14.6. The summed E-state index contributed by atoms with van der Waals surface area (Å²) in [6.07, 6.45) is 2.54. The molecule has 0 bridgehead atoms. The number of nitrogens with one attached hydrogen (secondary N) is 2. The van der Waals surface area contributed by atoms with E-state index in [1.165, 1.54) is 19.4 Å². The summed E-state index contributed by atoms with van der Waals surface area (Å²) in [6.45, 7) is 3.27. The van der Waals surface area contributed by atoms with Gasteiger partial charge in [-0.3, -0.25) is 0 Å². The van der Waals surface area contributed by atoms with Crippen LogP contribution in [0.15, 0.2) is 24.3 Å². The number of anilines is 1. The molecule has 19 heavy (non-hydrogen) atoms. The molecule has 1 heterocycles. The highest BCUT2D eigenvalue weighted by molar-refractivity contribution is 7.80. The van der Waals surface area contributed by atoms with Gasteiger partial charge in [0.05, 0.1) is 10.7 Å². The van der Waals surface area contributed by atoms with Crippen molar-refractivity contribution in [3.8, 4) is 0 Å². The fourth-order valence-corrected chi connectivity index (χ4v) is 2.78. The van der Waals surface area contributed by atoms with Crippen LogP contribution in [-0.4, -0.2) is 36.7 Å². The van der Waals surface area contributed by atoms with E-state index in [9.17, 15) is 0 Å². The number of nitrogens with zero attached hydrogens (tertiary/aromatic N) is 1. The zero-order chi connectivity index (χ0) is 13.7. The molecule has 0 saturated carbocycles. The van der Waals surface area contributed by atoms with Gasteiger partial charge in [0, 0.05) is 13.1 Å². The van der Waals surface area contributed by atoms with E-state index in [4.69, 9.17) is 23.8 Å².